The smallest absolute Gasteiger partial charge is 0.251 e. The number of aryl methyl sites for hydroxylation is 1. The molecule has 164 valence electrons. The first-order chi connectivity index (χ1) is 13.7. The number of amides is 1. The molecule has 1 aliphatic carbocycles. The normalized spacial score (nSPS) is 18.3. The second-order valence-electron chi connectivity index (χ2n) is 7.47. The maximum atomic E-state index is 13.3. The van der Waals surface area contributed by atoms with Crippen molar-refractivity contribution in [2.75, 3.05) is 24.3 Å². The summed E-state index contributed by atoms with van der Waals surface area (Å²) in [5.41, 5.74) is -0.227. The summed E-state index contributed by atoms with van der Waals surface area (Å²) in [4.78, 5) is 22.9. The van der Waals surface area contributed by atoms with Crippen LogP contribution in [0.1, 0.15) is 41.9 Å². The molecular formula is C20H25ClF3N5O. The molecular weight excluding hydrogens is 419 g/mol. The summed E-state index contributed by atoms with van der Waals surface area (Å²) in [7, 11) is 3.83. The molecule has 1 aromatic heterocycles. The lowest BCUT2D eigenvalue weighted by atomic mass is 9.91. The van der Waals surface area contributed by atoms with E-state index in [0.717, 1.165) is 24.5 Å². The number of hydrogen-bond acceptors (Lipinski definition) is 5. The van der Waals surface area contributed by atoms with Crippen LogP contribution in [0.2, 0.25) is 0 Å². The fraction of sp³-hybridized carbons (Fsp3) is 0.450. The maximum absolute atomic E-state index is 13.3. The van der Waals surface area contributed by atoms with Gasteiger partial charge in [0.1, 0.15) is 17.5 Å². The summed E-state index contributed by atoms with van der Waals surface area (Å²) in [6, 6.07) is 3.40. The van der Waals surface area contributed by atoms with Gasteiger partial charge in [-0.25, -0.2) is 23.1 Å². The van der Waals surface area contributed by atoms with Gasteiger partial charge in [0, 0.05) is 37.8 Å². The highest BCUT2D eigenvalue weighted by molar-refractivity contribution is 5.94. The van der Waals surface area contributed by atoms with Crippen LogP contribution in [-0.2, 0) is 0 Å². The number of halogens is 4. The Morgan fingerprint density at radius 2 is 1.57 bits per heavy atom. The molecule has 1 aromatic carbocycles. The standard InChI is InChI=1S/C20H24F3N5O.ClH/c1-11-24-17(10-18(25-11)28(2)3)26-13-4-6-14(7-5-13)27-20(29)12-8-15(21)19(23)16(22)9-12;/h8-10,13-14H,4-7H2,1-3H3,(H,27,29)(H,24,25,26);1H/t13-,14+;. The Morgan fingerprint density at radius 3 is 2.13 bits per heavy atom. The quantitative estimate of drug-likeness (QED) is 0.687. The second-order valence-corrected chi connectivity index (χ2v) is 7.47. The molecule has 0 radical (unpaired) electrons. The molecule has 2 aromatic rings. The van der Waals surface area contributed by atoms with Crippen LogP contribution >= 0.6 is 12.4 Å². The third kappa shape index (κ3) is 5.75. The number of hydrogen-bond donors (Lipinski definition) is 2. The Morgan fingerprint density at radius 1 is 1.00 bits per heavy atom. The number of carbonyl (C=O) groups is 1. The van der Waals surface area contributed by atoms with E-state index in [1.54, 1.807) is 0 Å². The number of carbonyl (C=O) groups excluding carboxylic acids is 1. The van der Waals surface area contributed by atoms with Crippen LogP contribution in [0.5, 0.6) is 0 Å². The number of nitrogens with one attached hydrogen (secondary N) is 2. The minimum absolute atomic E-state index is 0. The summed E-state index contributed by atoms with van der Waals surface area (Å²) < 4.78 is 39.7. The van der Waals surface area contributed by atoms with Gasteiger partial charge >= 0.3 is 0 Å². The van der Waals surface area contributed by atoms with Crippen molar-refractivity contribution >= 4 is 29.9 Å². The number of rotatable bonds is 5. The summed E-state index contributed by atoms with van der Waals surface area (Å²) in [5.74, 6) is -2.68. The highest BCUT2D eigenvalue weighted by Crippen LogP contribution is 2.23. The van der Waals surface area contributed by atoms with Crippen molar-refractivity contribution in [3.05, 3.63) is 47.0 Å². The van der Waals surface area contributed by atoms with E-state index in [1.807, 2.05) is 32.0 Å². The largest absolute Gasteiger partial charge is 0.367 e. The molecule has 30 heavy (non-hydrogen) atoms. The minimum Gasteiger partial charge on any atom is -0.367 e. The van der Waals surface area contributed by atoms with Crippen molar-refractivity contribution in [2.24, 2.45) is 0 Å². The third-order valence-corrected chi connectivity index (χ3v) is 4.94. The Bertz CT molecular complexity index is 881. The molecule has 0 aliphatic heterocycles. The van der Waals surface area contributed by atoms with E-state index in [4.69, 9.17) is 0 Å². The van der Waals surface area contributed by atoms with Gasteiger partial charge in [-0.15, -0.1) is 12.4 Å². The van der Waals surface area contributed by atoms with Crippen molar-refractivity contribution in [2.45, 2.75) is 44.7 Å². The molecule has 3 rings (SSSR count). The average Bonchev–Trinajstić information content (AvgIpc) is 2.66. The lowest BCUT2D eigenvalue weighted by Gasteiger charge is -2.30. The van der Waals surface area contributed by atoms with E-state index in [1.165, 1.54) is 0 Å². The predicted molar refractivity (Wildman–Crippen MR) is 112 cm³/mol. The summed E-state index contributed by atoms with van der Waals surface area (Å²) in [6.45, 7) is 1.84. The molecule has 1 heterocycles. The zero-order valence-corrected chi connectivity index (χ0v) is 17.8. The molecule has 2 N–H and O–H groups in total. The van der Waals surface area contributed by atoms with E-state index in [9.17, 15) is 18.0 Å². The number of nitrogens with zero attached hydrogens (tertiary/aromatic N) is 3. The fourth-order valence-corrected chi connectivity index (χ4v) is 3.40. The molecule has 0 unspecified atom stereocenters. The number of benzene rings is 1. The molecule has 0 atom stereocenters. The molecule has 1 aliphatic rings. The van der Waals surface area contributed by atoms with Gasteiger partial charge in [0.15, 0.2) is 17.5 Å². The Kier molecular flexibility index (Phi) is 7.89. The topological polar surface area (TPSA) is 70.2 Å². The predicted octanol–water partition coefficient (Wildman–Crippen LogP) is 3.84. The van der Waals surface area contributed by atoms with Crippen molar-refractivity contribution < 1.29 is 18.0 Å². The van der Waals surface area contributed by atoms with E-state index >= 15 is 0 Å². The first-order valence-electron chi connectivity index (χ1n) is 9.48. The van der Waals surface area contributed by atoms with Gasteiger partial charge in [0.25, 0.3) is 5.91 Å². The summed E-state index contributed by atoms with van der Waals surface area (Å²) >= 11 is 0. The Hall–Kier alpha value is -2.55. The first kappa shape index (κ1) is 23.7. The van der Waals surface area contributed by atoms with Crippen LogP contribution in [0.25, 0.3) is 0 Å². The van der Waals surface area contributed by atoms with Crippen LogP contribution in [0.4, 0.5) is 24.8 Å². The van der Waals surface area contributed by atoms with Crippen molar-refractivity contribution in [1.29, 1.82) is 0 Å². The van der Waals surface area contributed by atoms with Gasteiger partial charge in [-0.2, -0.15) is 0 Å². The molecule has 0 saturated heterocycles. The van der Waals surface area contributed by atoms with Crippen molar-refractivity contribution in [3.63, 3.8) is 0 Å². The van der Waals surface area contributed by atoms with E-state index in [0.29, 0.717) is 30.8 Å². The zero-order chi connectivity index (χ0) is 21.1. The highest BCUT2D eigenvalue weighted by atomic mass is 35.5. The summed E-state index contributed by atoms with van der Waals surface area (Å²) in [6.07, 6.45) is 3.02. The van der Waals surface area contributed by atoms with Crippen LogP contribution in [0.3, 0.4) is 0 Å². The molecule has 10 heteroatoms. The lowest BCUT2D eigenvalue weighted by Crippen LogP contribution is -2.40. The van der Waals surface area contributed by atoms with Gasteiger partial charge < -0.3 is 15.5 Å². The molecule has 1 saturated carbocycles. The van der Waals surface area contributed by atoms with Crippen LogP contribution in [0.15, 0.2) is 18.2 Å². The fourth-order valence-electron chi connectivity index (χ4n) is 3.40. The van der Waals surface area contributed by atoms with Crippen LogP contribution in [0, 0.1) is 24.4 Å². The maximum Gasteiger partial charge on any atom is 0.251 e. The molecule has 1 amide bonds. The Balaban J connectivity index is 0.00000320. The first-order valence-corrected chi connectivity index (χ1v) is 9.48. The average molecular weight is 444 g/mol. The van der Waals surface area contributed by atoms with Gasteiger partial charge in [-0.3, -0.25) is 4.79 Å². The second kappa shape index (κ2) is 9.97. The van der Waals surface area contributed by atoms with Gasteiger partial charge in [-0.1, -0.05) is 0 Å². The highest BCUT2D eigenvalue weighted by Gasteiger charge is 2.24. The van der Waals surface area contributed by atoms with Gasteiger partial charge in [-0.05, 0) is 44.7 Å². The third-order valence-electron chi connectivity index (χ3n) is 4.94. The van der Waals surface area contributed by atoms with E-state index in [-0.39, 0.29) is 30.1 Å². The zero-order valence-electron chi connectivity index (χ0n) is 17.0. The molecule has 1 fully saturated rings. The van der Waals surface area contributed by atoms with Crippen molar-refractivity contribution in [1.82, 2.24) is 15.3 Å². The molecule has 0 bridgehead atoms. The summed E-state index contributed by atoms with van der Waals surface area (Å²) in [5, 5.41) is 6.18. The van der Waals surface area contributed by atoms with Crippen molar-refractivity contribution in [3.8, 4) is 0 Å². The monoisotopic (exact) mass is 443 g/mol. The van der Waals surface area contributed by atoms with Gasteiger partial charge in [0.05, 0.1) is 0 Å². The van der Waals surface area contributed by atoms with Crippen LogP contribution < -0.4 is 15.5 Å². The Labute approximate surface area is 179 Å². The van der Waals surface area contributed by atoms with Crippen LogP contribution in [-0.4, -0.2) is 42.1 Å². The molecule has 6 nitrogen and oxygen atoms in total. The number of aromatic nitrogens is 2. The molecule has 0 spiro atoms. The van der Waals surface area contributed by atoms with Gasteiger partial charge in [0.2, 0.25) is 0 Å². The van der Waals surface area contributed by atoms with E-state index in [2.05, 4.69) is 20.6 Å². The lowest BCUT2D eigenvalue weighted by molar-refractivity contribution is 0.0925. The number of anilines is 2. The SMILES string of the molecule is Cc1nc(N[C@H]2CC[C@@H](NC(=O)c3cc(F)c(F)c(F)c3)CC2)cc(N(C)C)n1.Cl. The van der Waals surface area contributed by atoms with E-state index < -0.39 is 23.4 Å². The minimum atomic E-state index is -1.58.